The van der Waals surface area contributed by atoms with Gasteiger partial charge in [-0.3, -0.25) is 0 Å². The van der Waals surface area contributed by atoms with E-state index in [-0.39, 0.29) is 5.41 Å². The molecular formula is C21H16BrCl. The lowest BCUT2D eigenvalue weighted by Gasteiger charge is -2.22. The van der Waals surface area contributed by atoms with Crippen molar-refractivity contribution in [2.45, 2.75) is 19.3 Å². The number of benzene rings is 3. The molecule has 0 saturated carbocycles. The van der Waals surface area contributed by atoms with Gasteiger partial charge in [0, 0.05) is 14.9 Å². The van der Waals surface area contributed by atoms with Crippen LogP contribution >= 0.6 is 27.5 Å². The van der Waals surface area contributed by atoms with Gasteiger partial charge in [-0.1, -0.05) is 77.8 Å². The lowest BCUT2D eigenvalue weighted by atomic mass is 9.81. The monoisotopic (exact) mass is 382 g/mol. The zero-order valence-electron chi connectivity index (χ0n) is 13.0. The summed E-state index contributed by atoms with van der Waals surface area (Å²) in [5.74, 6) is 0. The van der Waals surface area contributed by atoms with E-state index in [0.29, 0.717) is 0 Å². The predicted molar refractivity (Wildman–Crippen MR) is 102 cm³/mol. The van der Waals surface area contributed by atoms with E-state index in [4.69, 9.17) is 11.6 Å². The summed E-state index contributed by atoms with van der Waals surface area (Å²) in [6, 6.07) is 21.3. The maximum Gasteiger partial charge on any atom is 0.0412 e. The van der Waals surface area contributed by atoms with E-state index in [1.165, 1.54) is 27.8 Å². The van der Waals surface area contributed by atoms with Gasteiger partial charge in [0.05, 0.1) is 0 Å². The Balaban J connectivity index is 1.98. The minimum atomic E-state index is 0.0138. The van der Waals surface area contributed by atoms with Crippen molar-refractivity contribution in [2.75, 3.05) is 0 Å². The van der Waals surface area contributed by atoms with Crippen LogP contribution in [-0.4, -0.2) is 0 Å². The van der Waals surface area contributed by atoms with Crippen LogP contribution in [0.1, 0.15) is 25.0 Å². The second kappa shape index (κ2) is 5.22. The Bertz CT molecular complexity index is 925. The Morgan fingerprint density at radius 3 is 2.35 bits per heavy atom. The largest absolute Gasteiger partial charge is 0.0843 e. The first-order valence-corrected chi connectivity index (χ1v) is 8.85. The predicted octanol–water partition coefficient (Wildman–Crippen LogP) is 7.08. The molecule has 0 N–H and O–H groups in total. The maximum absolute atomic E-state index is 6.18. The van der Waals surface area contributed by atoms with E-state index in [9.17, 15) is 0 Å². The molecule has 1 aliphatic carbocycles. The molecule has 0 spiro atoms. The molecule has 0 saturated heterocycles. The summed E-state index contributed by atoms with van der Waals surface area (Å²) in [5, 5.41) is 0.762. The van der Waals surface area contributed by atoms with Gasteiger partial charge >= 0.3 is 0 Å². The third-order valence-corrected chi connectivity index (χ3v) is 5.70. The summed E-state index contributed by atoms with van der Waals surface area (Å²) in [7, 11) is 0. The molecule has 3 aromatic carbocycles. The van der Waals surface area contributed by atoms with Crippen molar-refractivity contribution in [3.8, 4) is 22.3 Å². The molecule has 4 rings (SSSR count). The highest BCUT2D eigenvalue weighted by atomic mass is 79.9. The molecule has 0 fully saturated rings. The van der Waals surface area contributed by atoms with E-state index >= 15 is 0 Å². The first-order chi connectivity index (χ1) is 11.0. The fraction of sp³-hybridized carbons (Fsp3) is 0.143. The molecule has 0 nitrogen and oxygen atoms in total. The summed E-state index contributed by atoms with van der Waals surface area (Å²) in [4.78, 5) is 0. The van der Waals surface area contributed by atoms with Crippen molar-refractivity contribution in [2.24, 2.45) is 0 Å². The third-order valence-electron chi connectivity index (χ3n) is 4.81. The van der Waals surface area contributed by atoms with Gasteiger partial charge in [-0.2, -0.15) is 0 Å². The Morgan fingerprint density at radius 2 is 1.57 bits per heavy atom. The van der Waals surface area contributed by atoms with Crippen molar-refractivity contribution in [3.05, 3.63) is 81.3 Å². The Morgan fingerprint density at radius 1 is 0.783 bits per heavy atom. The van der Waals surface area contributed by atoms with Crippen LogP contribution < -0.4 is 0 Å². The Kier molecular flexibility index (Phi) is 3.40. The van der Waals surface area contributed by atoms with Crippen molar-refractivity contribution >= 4 is 27.5 Å². The summed E-state index contributed by atoms with van der Waals surface area (Å²) in [6.07, 6.45) is 0. The van der Waals surface area contributed by atoms with Crippen LogP contribution in [0.25, 0.3) is 22.3 Å². The second-order valence-corrected chi connectivity index (χ2v) is 7.85. The standard InChI is InChI=1S/C21H16BrCl/c1-21(2)18-9-4-3-8-15(18)17-12-20(22)16(11-19(17)21)13-6-5-7-14(23)10-13/h3-12H,1-2H3. The topological polar surface area (TPSA) is 0 Å². The third kappa shape index (κ3) is 2.26. The first-order valence-electron chi connectivity index (χ1n) is 7.68. The lowest BCUT2D eigenvalue weighted by Crippen LogP contribution is -2.15. The van der Waals surface area contributed by atoms with Crippen molar-refractivity contribution in [1.29, 1.82) is 0 Å². The van der Waals surface area contributed by atoms with E-state index < -0.39 is 0 Å². The number of hydrogen-bond acceptors (Lipinski definition) is 0. The highest BCUT2D eigenvalue weighted by Gasteiger charge is 2.35. The lowest BCUT2D eigenvalue weighted by molar-refractivity contribution is 0.660. The van der Waals surface area contributed by atoms with Crippen LogP contribution in [0, 0.1) is 0 Å². The van der Waals surface area contributed by atoms with Crippen molar-refractivity contribution in [1.82, 2.24) is 0 Å². The zero-order valence-corrected chi connectivity index (χ0v) is 15.4. The van der Waals surface area contributed by atoms with Gasteiger partial charge in [0.25, 0.3) is 0 Å². The molecular weight excluding hydrogens is 368 g/mol. The van der Waals surface area contributed by atoms with Crippen LogP contribution in [0.5, 0.6) is 0 Å². The Hall–Kier alpha value is -1.57. The molecule has 0 bridgehead atoms. The number of fused-ring (bicyclic) bond motifs is 3. The molecule has 0 atom stereocenters. The fourth-order valence-corrected chi connectivity index (χ4v) is 4.36. The van der Waals surface area contributed by atoms with Gasteiger partial charge in [0.2, 0.25) is 0 Å². The van der Waals surface area contributed by atoms with E-state index in [1.807, 2.05) is 18.2 Å². The van der Waals surface area contributed by atoms with E-state index in [0.717, 1.165) is 15.1 Å². The van der Waals surface area contributed by atoms with Gasteiger partial charge < -0.3 is 0 Å². The zero-order chi connectivity index (χ0) is 16.2. The van der Waals surface area contributed by atoms with Gasteiger partial charge in [-0.25, -0.2) is 0 Å². The Labute approximate surface area is 150 Å². The molecule has 0 unspecified atom stereocenters. The van der Waals surface area contributed by atoms with E-state index in [1.54, 1.807) is 0 Å². The molecule has 0 radical (unpaired) electrons. The fourth-order valence-electron chi connectivity index (χ4n) is 3.60. The van der Waals surface area contributed by atoms with Crippen LogP contribution in [-0.2, 0) is 5.41 Å². The summed E-state index contributed by atoms with van der Waals surface area (Å²) in [5.41, 5.74) is 7.77. The van der Waals surface area contributed by atoms with Crippen molar-refractivity contribution in [3.63, 3.8) is 0 Å². The van der Waals surface area contributed by atoms with Crippen LogP contribution in [0.3, 0.4) is 0 Å². The molecule has 2 heteroatoms. The number of hydrogen-bond donors (Lipinski definition) is 0. The summed E-state index contributed by atoms with van der Waals surface area (Å²) < 4.78 is 1.10. The van der Waals surface area contributed by atoms with Crippen LogP contribution in [0.15, 0.2) is 65.1 Å². The van der Waals surface area contributed by atoms with Gasteiger partial charge in [0.15, 0.2) is 0 Å². The van der Waals surface area contributed by atoms with Gasteiger partial charge in [-0.15, -0.1) is 0 Å². The first kappa shape index (κ1) is 15.0. The minimum absolute atomic E-state index is 0.0138. The SMILES string of the molecule is CC1(C)c2ccccc2-c2cc(Br)c(-c3cccc(Cl)c3)cc21. The molecule has 0 heterocycles. The maximum atomic E-state index is 6.18. The number of rotatable bonds is 1. The van der Waals surface area contributed by atoms with Gasteiger partial charge in [-0.05, 0) is 57.6 Å². The van der Waals surface area contributed by atoms with Crippen molar-refractivity contribution < 1.29 is 0 Å². The second-order valence-electron chi connectivity index (χ2n) is 6.56. The van der Waals surface area contributed by atoms with Crippen LogP contribution in [0.2, 0.25) is 5.02 Å². The highest BCUT2D eigenvalue weighted by Crippen LogP contribution is 2.51. The average molecular weight is 384 g/mol. The summed E-state index contributed by atoms with van der Waals surface area (Å²) in [6.45, 7) is 4.60. The highest BCUT2D eigenvalue weighted by molar-refractivity contribution is 9.10. The van der Waals surface area contributed by atoms with Crippen LogP contribution in [0.4, 0.5) is 0 Å². The molecule has 0 amide bonds. The summed E-state index contributed by atoms with van der Waals surface area (Å²) >= 11 is 9.94. The molecule has 0 aliphatic heterocycles. The minimum Gasteiger partial charge on any atom is -0.0843 e. The molecule has 0 aromatic heterocycles. The normalized spacial score (nSPS) is 14.4. The number of halogens is 2. The molecule has 23 heavy (non-hydrogen) atoms. The molecule has 114 valence electrons. The molecule has 1 aliphatic rings. The van der Waals surface area contributed by atoms with E-state index in [2.05, 4.69) is 72.2 Å². The quantitative estimate of drug-likeness (QED) is 0.421. The van der Waals surface area contributed by atoms with Gasteiger partial charge in [0.1, 0.15) is 0 Å². The smallest absolute Gasteiger partial charge is 0.0412 e. The molecule has 3 aromatic rings. The average Bonchev–Trinajstić information content (AvgIpc) is 2.75.